The average Bonchev–Trinajstić information content (AvgIpc) is 2.15. The summed E-state index contributed by atoms with van der Waals surface area (Å²) in [5.74, 6) is 0.959. The van der Waals surface area contributed by atoms with E-state index in [9.17, 15) is 0 Å². The van der Waals surface area contributed by atoms with E-state index in [0.717, 1.165) is 5.92 Å². The maximum atomic E-state index is 3.43. The van der Waals surface area contributed by atoms with Crippen LogP contribution in [0.5, 0.6) is 0 Å². The van der Waals surface area contributed by atoms with Crippen LogP contribution in [-0.4, -0.2) is 36.6 Å². The highest BCUT2D eigenvalue weighted by Gasteiger charge is 2.36. The standard InChI is InChI=1S/C11H22N2.ClH/c1-11(2)5-8-13(11)9-10-3-6-12-7-4-10;/h10,12H,3-9H2,1-2H3;1H. The van der Waals surface area contributed by atoms with Crippen LogP contribution in [0.15, 0.2) is 0 Å². The Bertz CT molecular complexity index is 176. The molecular formula is C11H23ClN2. The van der Waals surface area contributed by atoms with Gasteiger partial charge in [-0.1, -0.05) is 0 Å². The van der Waals surface area contributed by atoms with Gasteiger partial charge in [0.1, 0.15) is 0 Å². The maximum Gasteiger partial charge on any atom is 0.0165 e. The molecule has 14 heavy (non-hydrogen) atoms. The molecule has 2 aliphatic heterocycles. The van der Waals surface area contributed by atoms with Gasteiger partial charge in [0.2, 0.25) is 0 Å². The molecule has 2 heterocycles. The number of piperidine rings is 1. The first-order chi connectivity index (χ1) is 6.18. The number of rotatable bonds is 2. The molecule has 2 rings (SSSR count). The van der Waals surface area contributed by atoms with Gasteiger partial charge in [0.25, 0.3) is 0 Å². The van der Waals surface area contributed by atoms with E-state index in [1.165, 1.54) is 45.4 Å². The van der Waals surface area contributed by atoms with E-state index in [1.807, 2.05) is 0 Å². The van der Waals surface area contributed by atoms with Crippen molar-refractivity contribution in [2.75, 3.05) is 26.2 Å². The van der Waals surface area contributed by atoms with Crippen molar-refractivity contribution in [1.82, 2.24) is 10.2 Å². The minimum atomic E-state index is 0. The summed E-state index contributed by atoms with van der Waals surface area (Å²) < 4.78 is 0. The second-order valence-corrected chi connectivity index (χ2v) is 5.20. The number of likely N-dealkylation sites (tertiary alicyclic amines) is 1. The lowest BCUT2D eigenvalue weighted by molar-refractivity contribution is -0.00178. The van der Waals surface area contributed by atoms with Gasteiger partial charge in [-0.25, -0.2) is 0 Å². The molecule has 2 nitrogen and oxygen atoms in total. The summed E-state index contributed by atoms with van der Waals surface area (Å²) in [6.45, 7) is 9.89. The topological polar surface area (TPSA) is 15.3 Å². The van der Waals surface area contributed by atoms with Gasteiger partial charge < -0.3 is 5.32 Å². The molecular weight excluding hydrogens is 196 g/mol. The van der Waals surface area contributed by atoms with E-state index in [2.05, 4.69) is 24.1 Å². The number of nitrogens with zero attached hydrogens (tertiary/aromatic N) is 1. The molecule has 0 atom stereocenters. The average molecular weight is 219 g/mol. The van der Waals surface area contributed by atoms with Crippen LogP contribution in [-0.2, 0) is 0 Å². The van der Waals surface area contributed by atoms with Gasteiger partial charge in [-0.2, -0.15) is 0 Å². The van der Waals surface area contributed by atoms with Crippen LogP contribution < -0.4 is 5.32 Å². The summed E-state index contributed by atoms with van der Waals surface area (Å²) in [4.78, 5) is 2.66. The zero-order valence-electron chi connectivity index (χ0n) is 9.38. The summed E-state index contributed by atoms with van der Waals surface area (Å²) in [7, 11) is 0. The van der Waals surface area contributed by atoms with E-state index in [0.29, 0.717) is 5.54 Å². The van der Waals surface area contributed by atoms with Crippen LogP contribution in [0.2, 0.25) is 0 Å². The Morgan fingerprint density at radius 2 is 1.93 bits per heavy atom. The Hall–Kier alpha value is 0.210. The molecule has 0 aliphatic carbocycles. The van der Waals surface area contributed by atoms with Crippen molar-refractivity contribution >= 4 is 12.4 Å². The normalized spacial score (nSPS) is 27.9. The molecule has 0 aromatic heterocycles. The highest BCUT2D eigenvalue weighted by atomic mass is 35.5. The van der Waals surface area contributed by atoms with Gasteiger partial charge >= 0.3 is 0 Å². The van der Waals surface area contributed by atoms with E-state index < -0.39 is 0 Å². The molecule has 2 aliphatic rings. The van der Waals surface area contributed by atoms with E-state index in [4.69, 9.17) is 0 Å². The van der Waals surface area contributed by atoms with Crippen LogP contribution >= 0.6 is 12.4 Å². The van der Waals surface area contributed by atoms with Crippen molar-refractivity contribution < 1.29 is 0 Å². The van der Waals surface area contributed by atoms with Gasteiger partial charge in [-0.05, 0) is 52.1 Å². The van der Waals surface area contributed by atoms with E-state index in [1.54, 1.807) is 0 Å². The first kappa shape index (κ1) is 12.3. The maximum absolute atomic E-state index is 3.43. The van der Waals surface area contributed by atoms with E-state index >= 15 is 0 Å². The Kier molecular flexibility index (Phi) is 4.23. The summed E-state index contributed by atoms with van der Waals surface area (Å²) in [6, 6.07) is 0. The first-order valence-corrected chi connectivity index (χ1v) is 5.64. The Labute approximate surface area is 93.8 Å². The molecule has 0 amide bonds. The summed E-state index contributed by atoms with van der Waals surface area (Å²) >= 11 is 0. The second-order valence-electron chi connectivity index (χ2n) is 5.20. The minimum absolute atomic E-state index is 0. The zero-order valence-corrected chi connectivity index (χ0v) is 10.2. The lowest BCUT2D eigenvalue weighted by Crippen LogP contribution is -2.57. The molecule has 0 unspecified atom stereocenters. The third-order valence-electron chi connectivity index (χ3n) is 3.79. The third kappa shape index (κ3) is 2.62. The van der Waals surface area contributed by atoms with Crippen molar-refractivity contribution in [2.45, 2.75) is 38.6 Å². The molecule has 0 aromatic rings. The van der Waals surface area contributed by atoms with Crippen LogP contribution in [0.3, 0.4) is 0 Å². The quantitative estimate of drug-likeness (QED) is 0.762. The fourth-order valence-corrected chi connectivity index (χ4v) is 2.43. The van der Waals surface area contributed by atoms with Gasteiger partial charge in [-0.3, -0.25) is 4.90 Å². The molecule has 0 aromatic carbocycles. The van der Waals surface area contributed by atoms with E-state index in [-0.39, 0.29) is 12.4 Å². The van der Waals surface area contributed by atoms with Gasteiger partial charge in [-0.15, -0.1) is 12.4 Å². The smallest absolute Gasteiger partial charge is 0.0165 e. The predicted octanol–water partition coefficient (Wildman–Crippen LogP) is 1.89. The molecule has 0 spiro atoms. The van der Waals surface area contributed by atoms with Crippen LogP contribution in [0.25, 0.3) is 0 Å². The summed E-state index contributed by atoms with van der Waals surface area (Å²) in [6.07, 6.45) is 4.15. The van der Waals surface area contributed by atoms with Crippen molar-refractivity contribution in [3.63, 3.8) is 0 Å². The fourth-order valence-electron chi connectivity index (χ4n) is 2.43. The largest absolute Gasteiger partial charge is 0.317 e. The minimum Gasteiger partial charge on any atom is -0.317 e. The Morgan fingerprint density at radius 3 is 2.36 bits per heavy atom. The molecule has 3 heteroatoms. The van der Waals surface area contributed by atoms with Crippen molar-refractivity contribution in [2.24, 2.45) is 5.92 Å². The molecule has 2 fully saturated rings. The van der Waals surface area contributed by atoms with Crippen LogP contribution in [0.4, 0.5) is 0 Å². The van der Waals surface area contributed by atoms with Crippen LogP contribution in [0.1, 0.15) is 33.1 Å². The Morgan fingerprint density at radius 1 is 1.29 bits per heavy atom. The lowest BCUT2D eigenvalue weighted by atomic mass is 9.86. The van der Waals surface area contributed by atoms with Gasteiger partial charge in [0, 0.05) is 18.6 Å². The van der Waals surface area contributed by atoms with Crippen LogP contribution in [0, 0.1) is 5.92 Å². The molecule has 0 saturated carbocycles. The number of hydrogen-bond acceptors (Lipinski definition) is 2. The Balaban J connectivity index is 0.000000980. The van der Waals surface area contributed by atoms with Crippen molar-refractivity contribution in [3.05, 3.63) is 0 Å². The molecule has 1 N–H and O–H groups in total. The van der Waals surface area contributed by atoms with Gasteiger partial charge in [0.15, 0.2) is 0 Å². The summed E-state index contributed by atoms with van der Waals surface area (Å²) in [5.41, 5.74) is 0.505. The highest BCUT2D eigenvalue weighted by Crippen LogP contribution is 2.31. The third-order valence-corrected chi connectivity index (χ3v) is 3.79. The second kappa shape index (κ2) is 4.82. The predicted molar refractivity (Wildman–Crippen MR) is 63.1 cm³/mol. The van der Waals surface area contributed by atoms with Crippen molar-refractivity contribution in [3.8, 4) is 0 Å². The SMILES string of the molecule is CC1(C)CCN1CC1CCNCC1.Cl. The van der Waals surface area contributed by atoms with Crippen molar-refractivity contribution in [1.29, 1.82) is 0 Å². The van der Waals surface area contributed by atoms with Gasteiger partial charge in [0.05, 0.1) is 0 Å². The molecule has 84 valence electrons. The highest BCUT2D eigenvalue weighted by molar-refractivity contribution is 5.85. The number of hydrogen-bond donors (Lipinski definition) is 1. The lowest BCUT2D eigenvalue weighted by Gasteiger charge is -2.50. The monoisotopic (exact) mass is 218 g/mol. The zero-order chi connectivity index (χ0) is 9.31. The fraction of sp³-hybridized carbons (Fsp3) is 1.00. The first-order valence-electron chi connectivity index (χ1n) is 5.64. The number of halogens is 1. The molecule has 2 saturated heterocycles. The molecule has 0 radical (unpaired) electrons. The number of nitrogens with one attached hydrogen (secondary N) is 1. The molecule has 0 bridgehead atoms. The summed E-state index contributed by atoms with van der Waals surface area (Å²) in [5, 5.41) is 3.43.